The Labute approximate surface area is 177 Å². The van der Waals surface area contributed by atoms with Gasteiger partial charge in [-0.2, -0.15) is 0 Å². The molecular weight excluding hydrogens is 415 g/mol. The van der Waals surface area contributed by atoms with Crippen LogP contribution < -0.4 is 4.90 Å². The first kappa shape index (κ1) is 19.3. The van der Waals surface area contributed by atoms with Crippen LogP contribution in [0.25, 0.3) is 11.3 Å². The molecule has 0 spiro atoms. The number of hydrogen-bond donors (Lipinski definition) is 0. The Morgan fingerprint density at radius 2 is 2.07 bits per heavy atom. The van der Waals surface area contributed by atoms with Gasteiger partial charge in [0.05, 0.1) is 10.7 Å². The predicted octanol–water partition coefficient (Wildman–Crippen LogP) is 5.84. The highest BCUT2D eigenvalue weighted by molar-refractivity contribution is 7.14. The zero-order valence-electron chi connectivity index (χ0n) is 15.2. The first-order valence-corrected chi connectivity index (χ1v) is 10.8. The predicted molar refractivity (Wildman–Crippen MR) is 114 cm³/mol. The number of nitrogens with zero attached hydrogens (tertiary/aromatic N) is 4. The molecule has 1 amide bonds. The Kier molecular flexibility index (Phi) is 5.62. The summed E-state index contributed by atoms with van der Waals surface area (Å²) in [5.41, 5.74) is 1.92. The number of amides is 1. The summed E-state index contributed by atoms with van der Waals surface area (Å²) in [5, 5.41) is 3.62. The van der Waals surface area contributed by atoms with Gasteiger partial charge < -0.3 is 0 Å². The normalized spacial score (nSPS) is 13.5. The van der Waals surface area contributed by atoms with E-state index in [-0.39, 0.29) is 5.91 Å². The third-order valence-corrected chi connectivity index (χ3v) is 5.87. The van der Waals surface area contributed by atoms with Crippen molar-refractivity contribution in [2.45, 2.75) is 32.1 Å². The minimum Gasteiger partial charge on any atom is -0.283 e. The maximum atomic E-state index is 13.1. The first-order valence-electron chi connectivity index (χ1n) is 9.12. The fraction of sp³-hybridized carbons (Fsp3) is 0.300. The summed E-state index contributed by atoms with van der Waals surface area (Å²) in [6.07, 6.45) is 4.66. The van der Waals surface area contributed by atoms with Crippen LogP contribution >= 0.6 is 34.5 Å². The van der Waals surface area contributed by atoms with Gasteiger partial charge in [0.15, 0.2) is 5.13 Å². The Bertz CT molecular complexity index is 1020. The highest BCUT2D eigenvalue weighted by Gasteiger charge is 2.28. The van der Waals surface area contributed by atoms with Crippen molar-refractivity contribution in [1.29, 1.82) is 0 Å². The van der Waals surface area contributed by atoms with Gasteiger partial charge in [0.1, 0.15) is 11.5 Å². The van der Waals surface area contributed by atoms with Crippen molar-refractivity contribution in [2.24, 2.45) is 0 Å². The molecule has 2 heterocycles. The van der Waals surface area contributed by atoms with Crippen LogP contribution in [-0.4, -0.2) is 27.4 Å². The van der Waals surface area contributed by atoms with E-state index in [2.05, 4.69) is 15.0 Å². The quantitative estimate of drug-likeness (QED) is 0.490. The smallest absolute Gasteiger partial charge is 0.278 e. The molecule has 0 unspecified atom stereocenters. The SMILES string of the molecule is CCCN(C(=O)c1ccnc(C2CC2)n1)c1nc(-c2ccc(Cl)cc2Cl)cs1. The van der Waals surface area contributed by atoms with Crippen LogP contribution in [0.3, 0.4) is 0 Å². The molecule has 1 aliphatic rings. The number of hydrogen-bond acceptors (Lipinski definition) is 5. The van der Waals surface area contributed by atoms with Crippen molar-refractivity contribution in [3.8, 4) is 11.3 Å². The van der Waals surface area contributed by atoms with Crippen molar-refractivity contribution >= 4 is 45.6 Å². The molecular formula is C20H18Cl2N4OS. The van der Waals surface area contributed by atoms with E-state index >= 15 is 0 Å². The van der Waals surface area contributed by atoms with Crippen molar-refractivity contribution in [1.82, 2.24) is 15.0 Å². The number of carbonyl (C=O) groups excluding carboxylic acids is 1. The molecule has 3 aromatic rings. The maximum absolute atomic E-state index is 13.1. The zero-order chi connectivity index (χ0) is 19.7. The number of thiazole rings is 1. The Balaban J connectivity index is 1.64. The van der Waals surface area contributed by atoms with Crippen LogP contribution in [0.2, 0.25) is 10.0 Å². The average Bonchev–Trinajstić information content (AvgIpc) is 3.44. The van der Waals surface area contributed by atoms with Gasteiger partial charge in [0.2, 0.25) is 0 Å². The van der Waals surface area contributed by atoms with Gasteiger partial charge >= 0.3 is 0 Å². The minimum absolute atomic E-state index is 0.158. The number of benzene rings is 1. The van der Waals surface area contributed by atoms with Gasteiger partial charge in [-0.15, -0.1) is 11.3 Å². The van der Waals surface area contributed by atoms with Gasteiger partial charge in [0.25, 0.3) is 5.91 Å². The van der Waals surface area contributed by atoms with E-state index in [0.29, 0.717) is 33.3 Å². The highest BCUT2D eigenvalue weighted by Crippen LogP contribution is 2.38. The monoisotopic (exact) mass is 432 g/mol. The number of carbonyl (C=O) groups is 1. The fourth-order valence-corrected chi connectivity index (χ4v) is 4.24. The summed E-state index contributed by atoms with van der Waals surface area (Å²) in [5.74, 6) is 0.996. The van der Waals surface area contributed by atoms with Gasteiger partial charge in [-0.25, -0.2) is 15.0 Å². The largest absolute Gasteiger partial charge is 0.283 e. The van der Waals surface area contributed by atoms with Crippen molar-refractivity contribution < 1.29 is 4.79 Å². The molecule has 8 heteroatoms. The minimum atomic E-state index is -0.158. The molecule has 0 N–H and O–H groups in total. The summed E-state index contributed by atoms with van der Waals surface area (Å²) < 4.78 is 0. The van der Waals surface area contributed by atoms with E-state index in [1.54, 1.807) is 29.3 Å². The third kappa shape index (κ3) is 4.04. The summed E-state index contributed by atoms with van der Waals surface area (Å²) >= 11 is 13.7. The molecule has 28 heavy (non-hydrogen) atoms. The Hall–Kier alpha value is -2.02. The van der Waals surface area contributed by atoms with Crippen LogP contribution in [0.4, 0.5) is 5.13 Å². The van der Waals surface area contributed by atoms with Crippen molar-refractivity contribution in [3.05, 3.63) is 57.4 Å². The van der Waals surface area contributed by atoms with E-state index < -0.39 is 0 Å². The fourth-order valence-electron chi connectivity index (χ4n) is 2.89. The molecule has 144 valence electrons. The van der Waals surface area contributed by atoms with E-state index in [9.17, 15) is 4.79 Å². The van der Waals surface area contributed by atoms with Gasteiger partial charge in [-0.1, -0.05) is 30.1 Å². The summed E-state index contributed by atoms with van der Waals surface area (Å²) in [6.45, 7) is 2.59. The van der Waals surface area contributed by atoms with E-state index in [1.165, 1.54) is 11.3 Å². The number of anilines is 1. The van der Waals surface area contributed by atoms with Crippen LogP contribution in [0, 0.1) is 0 Å². The lowest BCUT2D eigenvalue weighted by Crippen LogP contribution is -2.32. The standard InChI is InChI=1S/C20H18Cl2N4OS/c1-2-9-26(19(27)16-7-8-23-18(24-16)12-3-4-12)20-25-17(11-28-20)14-6-5-13(21)10-15(14)22/h5-8,10-12H,2-4,9H2,1H3. The van der Waals surface area contributed by atoms with E-state index in [1.807, 2.05) is 18.4 Å². The van der Waals surface area contributed by atoms with Crippen LogP contribution in [0.5, 0.6) is 0 Å². The second kappa shape index (κ2) is 8.15. The molecule has 1 fully saturated rings. The lowest BCUT2D eigenvalue weighted by atomic mass is 10.2. The van der Waals surface area contributed by atoms with Crippen LogP contribution in [0.1, 0.15) is 48.4 Å². The van der Waals surface area contributed by atoms with Crippen molar-refractivity contribution in [3.63, 3.8) is 0 Å². The van der Waals surface area contributed by atoms with E-state index in [4.69, 9.17) is 23.2 Å². The van der Waals surface area contributed by atoms with Gasteiger partial charge in [-0.3, -0.25) is 9.69 Å². The molecule has 1 aromatic carbocycles. The molecule has 0 aliphatic heterocycles. The van der Waals surface area contributed by atoms with Crippen molar-refractivity contribution in [2.75, 3.05) is 11.4 Å². The van der Waals surface area contributed by atoms with E-state index in [0.717, 1.165) is 36.3 Å². The highest BCUT2D eigenvalue weighted by atomic mass is 35.5. The number of halogens is 2. The summed E-state index contributed by atoms with van der Waals surface area (Å²) in [7, 11) is 0. The molecule has 0 saturated heterocycles. The molecule has 0 radical (unpaired) electrons. The number of aromatic nitrogens is 3. The average molecular weight is 433 g/mol. The molecule has 4 rings (SSSR count). The molecule has 2 aromatic heterocycles. The Morgan fingerprint density at radius 3 is 2.79 bits per heavy atom. The Morgan fingerprint density at radius 1 is 1.25 bits per heavy atom. The molecule has 0 bridgehead atoms. The molecule has 1 aliphatic carbocycles. The summed E-state index contributed by atoms with van der Waals surface area (Å²) in [4.78, 5) is 28.3. The lowest BCUT2D eigenvalue weighted by molar-refractivity contribution is 0.0981. The zero-order valence-corrected chi connectivity index (χ0v) is 17.6. The first-order chi connectivity index (χ1) is 13.6. The molecule has 5 nitrogen and oxygen atoms in total. The topological polar surface area (TPSA) is 59.0 Å². The number of rotatable bonds is 6. The second-order valence-electron chi connectivity index (χ2n) is 6.67. The lowest BCUT2D eigenvalue weighted by Gasteiger charge is -2.18. The third-order valence-electron chi connectivity index (χ3n) is 4.46. The molecule has 1 saturated carbocycles. The van der Waals surface area contributed by atoms with Gasteiger partial charge in [-0.05, 0) is 43.5 Å². The van der Waals surface area contributed by atoms with Crippen LogP contribution in [-0.2, 0) is 0 Å². The van der Waals surface area contributed by atoms with Crippen LogP contribution in [0.15, 0.2) is 35.8 Å². The molecule has 0 atom stereocenters. The summed E-state index contributed by atoms with van der Waals surface area (Å²) in [6, 6.07) is 6.97. The maximum Gasteiger partial charge on any atom is 0.278 e. The van der Waals surface area contributed by atoms with Gasteiger partial charge in [0, 0.05) is 34.6 Å². The second-order valence-corrected chi connectivity index (χ2v) is 8.35.